The van der Waals surface area contributed by atoms with Gasteiger partial charge in [0.25, 0.3) is 0 Å². The molecule has 3 N–H and O–H groups in total. The van der Waals surface area contributed by atoms with Crippen molar-refractivity contribution in [2.24, 2.45) is 0 Å². The largest absolute Gasteiger partial charge is 0.497 e. The molecule has 1 aromatic heterocycles. The van der Waals surface area contributed by atoms with Gasteiger partial charge in [0.2, 0.25) is 10.7 Å². The van der Waals surface area contributed by atoms with Gasteiger partial charge < -0.3 is 10.5 Å². The number of halogens is 1. The fourth-order valence-electron chi connectivity index (χ4n) is 1.33. The van der Waals surface area contributed by atoms with Gasteiger partial charge in [-0.1, -0.05) is 11.6 Å². The molecule has 1 aromatic carbocycles. The summed E-state index contributed by atoms with van der Waals surface area (Å²) in [5, 5.41) is 6.92. The number of ether oxygens (including phenoxy) is 1. The number of hydrogen-bond acceptors (Lipinski definition) is 4. The number of nitrogens with zero attached hydrogens (tertiary/aromatic N) is 2. The predicted octanol–water partition coefficient (Wildman–Crippen LogP) is 2.17. The van der Waals surface area contributed by atoms with E-state index in [1.165, 1.54) is 0 Å². The number of nitrogen functional groups attached to an aromatic ring is 1. The van der Waals surface area contributed by atoms with Crippen molar-refractivity contribution in [1.82, 2.24) is 14.8 Å². The molecule has 0 bridgehead atoms. The van der Waals surface area contributed by atoms with Gasteiger partial charge >= 0.3 is 0 Å². The number of anilines is 1. The van der Waals surface area contributed by atoms with Crippen molar-refractivity contribution >= 4 is 29.8 Å². The quantitative estimate of drug-likeness (QED) is 0.808. The summed E-state index contributed by atoms with van der Waals surface area (Å²) in [7, 11) is 1.57. The first-order valence-electron chi connectivity index (χ1n) is 4.40. The second-order valence-electron chi connectivity index (χ2n) is 3.04. The number of H-pyrrole nitrogens is 1. The number of nitrogens with one attached hydrogen (secondary N) is 1. The Balaban J connectivity index is 2.68. The Hall–Kier alpha value is -1.53. The lowest BCUT2D eigenvalue weighted by Crippen LogP contribution is -2.01. The van der Waals surface area contributed by atoms with Gasteiger partial charge in [-0.15, -0.1) is 5.10 Å². The van der Waals surface area contributed by atoms with Crippen molar-refractivity contribution in [2.45, 2.75) is 0 Å². The van der Waals surface area contributed by atoms with E-state index in [1.807, 2.05) is 0 Å². The molecule has 0 amide bonds. The molecular weight excluding hydrogens is 248 g/mol. The summed E-state index contributed by atoms with van der Waals surface area (Å²) in [5.41, 5.74) is 6.32. The van der Waals surface area contributed by atoms with Crippen LogP contribution in [0.2, 0.25) is 5.02 Å². The molecule has 0 radical (unpaired) electrons. The Morgan fingerprint density at radius 2 is 2.31 bits per heavy atom. The summed E-state index contributed by atoms with van der Waals surface area (Å²) >= 11 is 11.1. The maximum absolute atomic E-state index is 6.07. The van der Waals surface area contributed by atoms with Crippen LogP contribution in [0.25, 0.3) is 5.69 Å². The van der Waals surface area contributed by atoms with Crippen LogP contribution in [0.15, 0.2) is 18.2 Å². The molecule has 0 aliphatic carbocycles. The molecule has 0 atom stereocenters. The molecule has 0 spiro atoms. The Labute approximate surface area is 102 Å². The lowest BCUT2D eigenvalue weighted by molar-refractivity contribution is 0.414. The van der Waals surface area contributed by atoms with Crippen molar-refractivity contribution in [1.29, 1.82) is 0 Å². The van der Waals surface area contributed by atoms with Gasteiger partial charge in [-0.3, -0.25) is 4.57 Å². The molecule has 0 saturated heterocycles. The van der Waals surface area contributed by atoms with Crippen LogP contribution >= 0.6 is 23.8 Å². The average Bonchev–Trinajstić information content (AvgIpc) is 2.60. The second kappa shape index (κ2) is 4.15. The van der Waals surface area contributed by atoms with Crippen molar-refractivity contribution in [2.75, 3.05) is 12.8 Å². The first kappa shape index (κ1) is 11.0. The number of benzene rings is 1. The summed E-state index contributed by atoms with van der Waals surface area (Å²) in [6.45, 7) is 0. The van der Waals surface area contributed by atoms with Crippen molar-refractivity contribution < 1.29 is 4.74 Å². The fourth-order valence-corrected chi connectivity index (χ4v) is 1.77. The lowest BCUT2D eigenvalue weighted by atomic mass is 10.3. The normalized spacial score (nSPS) is 10.4. The lowest BCUT2D eigenvalue weighted by Gasteiger charge is -2.08. The summed E-state index contributed by atoms with van der Waals surface area (Å²) < 4.78 is 7.03. The average molecular weight is 257 g/mol. The summed E-state index contributed by atoms with van der Waals surface area (Å²) in [6.07, 6.45) is 0. The SMILES string of the molecule is COc1ccc(Cl)c(-n2c(N)n[nH]c2=S)c1. The highest BCUT2D eigenvalue weighted by Gasteiger charge is 2.09. The first-order valence-corrected chi connectivity index (χ1v) is 5.19. The summed E-state index contributed by atoms with van der Waals surface area (Å²) in [5.74, 6) is 0.919. The molecule has 1 heterocycles. The van der Waals surface area contributed by atoms with E-state index in [4.69, 9.17) is 34.3 Å². The van der Waals surface area contributed by atoms with Gasteiger partial charge in [-0.2, -0.15) is 0 Å². The van der Waals surface area contributed by atoms with E-state index in [-0.39, 0.29) is 5.95 Å². The van der Waals surface area contributed by atoms with E-state index < -0.39 is 0 Å². The van der Waals surface area contributed by atoms with Crippen molar-refractivity contribution in [3.05, 3.63) is 28.0 Å². The fraction of sp³-hybridized carbons (Fsp3) is 0.111. The number of aromatic nitrogens is 3. The Bertz CT molecular complexity index is 577. The number of methoxy groups -OCH3 is 1. The van der Waals surface area contributed by atoms with Crippen molar-refractivity contribution in [3.8, 4) is 11.4 Å². The summed E-state index contributed by atoms with van der Waals surface area (Å²) in [6, 6.07) is 5.21. The molecule has 0 aliphatic heterocycles. The number of hydrogen-bond donors (Lipinski definition) is 2. The van der Waals surface area contributed by atoms with E-state index >= 15 is 0 Å². The molecule has 16 heavy (non-hydrogen) atoms. The highest BCUT2D eigenvalue weighted by atomic mass is 35.5. The molecule has 2 rings (SSSR count). The molecule has 0 saturated carbocycles. The van der Waals surface area contributed by atoms with Crippen LogP contribution in [0.5, 0.6) is 5.75 Å². The van der Waals surface area contributed by atoms with Crippen LogP contribution in [0.3, 0.4) is 0 Å². The van der Waals surface area contributed by atoms with Gasteiger partial charge in [-0.05, 0) is 24.4 Å². The van der Waals surface area contributed by atoms with E-state index in [0.29, 0.717) is 21.2 Å². The number of nitrogens with two attached hydrogens (primary N) is 1. The molecule has 5 nitrogen and oxygen atoms in total. The van der Waals surface area contributed by atoms with Crippen molar-refractivity contribution in [3.63, 3.8) is 0 Å². The Kier molecular flexibility index (Phi) is 2.84. The van der Waals surface area contributed by atoms with E-state index in [2.05, 4.69) is 10.2 Å². The second-order valence-corrected chi connectivity index (χ2v) is 3.83. The highest BCUT2D eigenvalue weighted by Crippen LogP contribution is 2.26. The third kappa shape index (κ3) is 1.77. The first-order chi connectivity index (χ1) is 7.63. The highest BCUT2D eigenvalue weighted by molar-refractivity contribution is 7.71. The van der Waals surface area contributed by atoms with Crippen LogP contribution in [-0.2, 0) is 0 Å². The molecule has 0 unspecified atom stereocenters. The number of aromatic amines is 1. The Morgan fingerprint density at radius 1 is 1.56 bits per heavy atom. The van der Waals surface area contributed by atoms with Crippen LogP contribution in [-0.4, -0.2) is 21.9 Å². The maximum atomic E-state index is 6.07. The standard InChI is InChI=1S/C9H9ClN4OS/c1-15-5-2-3-6(10)7(4-5)14-8(11)12-13-9(14)16/h2-4H,1H3,(H2,11,12)(H,13,16). The monoisotopic (exact) mass is 256 g/mol. The zero-order valence-electron chi connectivity index (χ0n) is 8.40. The van der Waals surface area contributed by atoms with Gasteiger partial charge in [0.15, 0.2) is 0 Å². The zero-order chi connectivity index (χ0) is 11.7. The summed E-state index contributed by atoms with van der Waals surface area (Å²) in [4.78, 5) is 0. The topological polar surface area (TPSA) is 68.9 Å². The van der Waals surface area contributed by atoms with Gasteiger partial charge in [-0.25, -0.2) is 5.10 Å². The maximum Gasteiger partial charge on any atom is 0.225 e. The zero-order valence-corrected chi connectivity index (χ0v) is 9.97. The molecule has 0 fully saturated rings. The molecule has 2 aromatic rings. The van der Waals surface area contributed by atoms with Crippen LogP contribution in [0.4, 0.5) is 5.95 Å². The third-order valence-corrected chi connectivity index (χ3v) is 2.69. The number of rotatable bonds is 2. The molecule has 84 valence electrons. The van der Waals surface area contributed by atoms with Crippen LogP contribution in [0, 0.1) is 4.77 Å². The van der Waals surface area contributed by atoms with Crippen LogP contribution in [0.1, 0.15) is 0 Å². The van der Waals surface area contributed by atoms with E-state index in [0.717, 1.165) is 0 Å². The molecule has 0 aliphatic rings. The Morgan fingerprint density at radius 3 is 2.88 bits per heavy atom. The predicted molar refractivity (Wildman–Crippen MR) is 64.7 cm³/mol. The molecule has 7 heteroatoms. The van der Waals surface area contributed by atoms with E-state index in [1.54, 1.807) is 29.9 Å². The van der Waals surface area contributed by atoms with Crippen LogP contribution < -0.4 is 10.5 Å². The minimum atomic E-state index is 0.250. The van der Waals surface area contributed by atoms with Gasteiger partial charge in [0.1, 0.15) is 5.75 Å². The minimum absolute atomic E-state index is 0.250. The van der Waals surface area contributed by atoms with Gasteiger partial charge in [0.05, 0.1) is 17.8 Å². The minimum Gasteiger partial charge on any atom is -0.497 e. The third-order valence-electron chi connectivity index (χ3n) is 2.09. The van der Waals surface area contributed by atoms with Gasteiger partial charge in [0, 0.05) is 6.07 Å². The smallest absolute Gasteiger partial charge is 0.225 e. The van der Waals surface area contributed by atoms with E-state index in [9.17, 15) is 0 Å². The molecular formula is C9H9ClN4OS.